The molecule has 0 aliphatic heterocycles. The van der Waals surface area contributed by atoms with Crippen LogP contribution in [0.15, 0.2) is 137 Å². The van der Waals surface area contributed by atoms with Crippen molar-refractivity contribution in [1.82, 2.24) is 0 Å². The van der Waals surface area contributed by atoms with Gasteiger partial charge >= 0.3 is 0 Å². The molecule has 0 atom stereocenters. The topological polar surface area (TPSA) is 0 Å². The molecule has 144 valence electrons. The number of thioether (sulfide) groups is 1. The van der Waals surface area contributed by atoms with Gasteiger partial charge in [-0.2, -0.15) is 0 Å². The molecule has 0 N–H and O–H groups in total. The highest BCUT2D eigenvalue weighted by atomic mass is 35.5. The van der Waals surface area contributed by atoms with Crippen LogP contribution in [-0.2, 0) is 0 Å². The van der Waals surface area contributed by atoms with Crippen molar-refractivity contribution in [3.8, 4) is 0 Å². The van der Waals surface area contributed by atoms with Gasteiger partial charge in [-0.25, -0.2) is 0 Å². The van der Waals surface area contributed by atoms with Gasteiger partial charge in [0.05, 0.1) is 0 Å². The van der Waals surface area contributed by atoms with E-state index in [1.165, 1.54) is 25.5 Å². The Morgan fingerprint density at radius 3 is 1.17 bits per heavy atom. The highest BCUT2D eigenvalue weighted by Gasteiger charge is 2.49. The zero-order valence-corrected chi connectivity index (χ0v) is 18.5. The second-order valence-electron chi connectivity index (χ2n) is 6.49. The van der Waals surface area contributed by atoms with Crippen LogP contribution < -0.4 is 28.3 Å². The number of halogens is 1. The predicted molar refractivity (Wildman–Crippen MR) is 127 cm³/mol. The molecule has 0 bridgehead atoms. The third kappa shape index (κ3) is 4.33. The normalized spacial score (nSPS) is 10.8. The molecule has 0 unspecified atom stereocenters. The largest absolute Gasteiger partial charge is 1.00 e. The zero-order chi connectivity index (χ0) is 19.2. The first-order valence-electron chi connectivity index (χ1n) is 9.30. The van der Waals surface area contributed by atoms with Crippen LogP contribution in [0.3, 0.4) is 0 Å². The summed E-state index contributed by atoms with van der Waals surface area (Å²) in [4.78, 5) is 1.22. The van der Waals surface area contributed by atoms with Crippen molar-refractivity contribution in [2.24, 2.45) is 0 Å². The summed E-state index contributed by atoms with van der Waals surface area (Å²) >= 11 is 1.79. The first kappa shape index (κ1) is 21.4. The molecule has 0 amide bonds. The van der Waals surface area contributed by atoms with E-state index in [0.29, 0.717) is 0 Å². The van der Waals surface area contributed by atoms with Crippen molar-refractivity contribution in [1.29, 1.82) is 0 Å². The maximum Gasteiger partial charge on any atom is 0.150 e. The first-order valence-corrected chi connectivity index (χ1v) is 11.9. The molecule has 0 radical (unpaired) electrons. The van der Waals surface area contributed by atoms with Crippen molar-refractivity contribution < 1.29 is 12.4 Å². The summed E-state index contributed by atoms with van der Waals surface area (Å²) in [5.41, 5.74) is 0. The number of hydrogen-bond acceptors (Lipinski definition) is 1. The summed E-state index contributed by atoms with van der Waals surface area (Å²) in [5, 5.41) is 4.00. The number of hydrogen-bond donors (Lipinski definition) is 0. The Labute approximate surface area is 184 Å². The lowest BCUT2D eigenvalue weighted by molar-refractivity contribution is -0.00000529. The van der Waals surface area contributed by atoms with E-state index >= 15 is 0 Å². The second-order valence-corrected chi connectivity index (χ2v) is 11.4. The first-order chi connectivity index (χ1) is 13.8. The molecule has 4 aromatic carbocycles. The van der Waals surface area contributed by atoms with Gasteiger partial charge in [-0.05, 0) is 55.1 Å². The molecule has 0 saturated heterocycles. The molecule has 3 heteroatoms. The molecule has 0 aromatic heterocycles. The van der Waals surface area contributed by atoms with Crippen LogP contribution in [0, 0.1) is 0 Å². The molecule has 4 rings (SSSR count). The molecule has 0 fully saturated rings. The monoisotopic (exact) mass is 432 g/mol. The van der Waals surface area contributed by atoms with E-state index in [1.807, 2.05) is 0 Å². The van der Waals surface area contributed by atoms with Crippen LogP contribution >= 0.6 is 19.0 Å². The lowest BCUT2D eigenvalue weighted by atomic mass is 10.4. The van der Waals surface area contributed by atoms with Crippen LogP contribution in [0.4, 0.5) is 0 Å². The van der Waals surface area contributed by atoms with Crippen molar-refractivity contribution >= 4 is 34.9 Å². The maximum atomic E-state index is 4.66. The summed E-state index contributed by atoms with van der Waals surface area (Å²) in [5.74, 6) is 0. The van der Waals surface area contributed by atoms with Gasteiger partial charge in [0, 0.05) is 4.90 Å². The molecule has 0 aliphatic rings. The molecular weight excluding hydrogens is 411 g/mol. The summed E-state index contributed by atoms with van der Waals surface area (Å²) in [6.07, 6.45) is 0. The van der Waals surface area contributed by atoms with Gasteiger partial charge in [-0.3, -0.25) is 0 Å². The second kappa shape index (κ2) is 9.94. The van der Waals surface area contributed by atoms with Crippen LogP contribution in [0.25, 0.3) is 0 Å². The van der Waals surface area contributed by atoms with E-state index in [0.717, 1.165) is 0 Å². The van der Waals surface area contributed by atoms with E-state index in [4.69, 9.17) is 0 Å². The average Bonchev–Trinajstić information content (AvgIpc) is 2.77. The van der Waals surface area contributed by atoms with E-state index in [-0.39, 0.29) is 12.4 Å². The van der Waals surface area contributed by atoms with Gasteiger partial charge in [0.1, 0.15) is 20.6 Å². The van der Waals surface area contributed by atoms with Crippen molar-refractivity contribution in [3.63, 3.8) is 0 Å². The average molecular weight is 433 g/mol. The summed E-state index contributed by atoms with van der Waals surface area (Å²) in [7, 11) is -2.04. The van der Waals surface area contributed by atoms with Gasteiger partial charge < -0.3 is 12.4 Å². The molecule has 0 spiro atoms. The molecule has 0 nitrogen and oxygen atoms in total. The highest BCUT2D eigenvalue weighted by Crippen LogP contribution is 2.66. The van der Waals surface area contributed by atoms with E-state index in [1.54, 1.807) is 11.8 Å². The fourth-order valence-corrected chi connectivity index (χ4v) is 9.52. The van der Waals surface area contributed by atoms with Gasteiger partial charge in [0.2, 0.25) is 0 Å². The number of rotatable bonds is 6. The van der Waals surface area contributed by atoms with E-state index in [9.17, 15) is 0 Å². The van der Waals surface area contributed by atoms with E-state index < -0.39 is 7.26 Å². The highest BCUT2D eigenvalue weighted by molar-refractivity contribution is 8.19. The molecule has 0 saturated carbocycles. The summed E-state index contributed by atoms with van der Waals surface area (Å²) in [6, 6.07) is 43.1. The Hall–Kier alpha value is -2.31. The number of benzene rings is 4. The minimum absolute atomic E-state index is 0. The van der Waals surface area contributed by atoms with Crippen molar-refractivity contribution in [3.05, 3.63) is 133 Å². The standard InChI is InChI=1S/C26H22PS.ClH/c1-22(28-26-20-12-5-13-21-26)27(23-14-6-2-7-15-23,24-16-8-3-9-17-24)25-18-10-4-11-19-25;/h2-21H,1H2;1H/q+1;/p-1. The summed E-state index contributed by atoms with van der Waals surface area (Å²) < 4.78 is 1.20. The Morgan fingerprint density at radius 2 is 0.828 bits per heavy atom. The quantitative estimate of drug-likeness (QED) is 0.333. The lowest BCUT2D eigenvalue weighted by Crippen LogP contribution is -3.00. The van der Waals surface area contributed by atoms with E-state index in [2.05, 4.69) is 128 Å². The Kier molecular flexibility index (Phi) is 7.34. The van der Waals surface area contributed by atoms with Gasteiger partial charge in [-0.15, -0.1) is 0 Å². The van der Waals surface area contributed by atoms with Gasteiger partial charge in [0.25, 0.3) is 0 Å². The Bertz CT molecular complexity index is 938. The van der Waals surface area contributed by atoms with Crippen molar-refractivity contribution in [2.75, 3.05) is 0 Å². The summed E-state index contributed by atoms with van der Waals surface area (Å²) in [6.45, 7) is 4.66. The molecule has 4 aromatic rings. The molecular formula is C26H22ClPS. The van der Waals surface area contributed by atoms with Gasteiger partial charge in [0.15, 0.2) is 7.26 Å². The van der Waals surface area contributed by atoms with Crippen LogP contribution in [0.5, 0.6) is 0 Å². The fourth-order valence-electron chi connectivity index (χ4n) is 3.53. The smallest absolute Gasteiger partial charge is 0.150 e. The minimum atomic E-state index is -2.04. The van der Waals surface area contributed by atoms with Crippen LogP contribution in [-0.4, -0.2) is 0 Å². The Morgan fingerprint density at radius 1 is 0.517 bits per heavy atom. The minimum Gasteiger partial charge on any atom is -1.00 e. The Balaban J connectivity index is 0.00000240. The van der Waals surface area contributed by atoms with Crippen LogP contribution in [0.1, 0.15) is 0 Å². The third-order valence-corrected chi connectivity index (χ3v) is 10.6. The van der Waals surface area contributed by atoms with Crippen LogP contribution in [0.2, 0.25) is 0 Å². The van der Waals surface area contributed by atoms with Crippen molar-refractivity contribution in [2.45, 2.75) is 4.90 Å². The van der Waals surface area contributed by atoms with Gasteiger partial charge in [-0.1, -0.05) is 84.6 Å². The molecule has 0 heterocycles. The zero-order valence-electron chi connectivity index (χ0n) is 16.0. The maximum absolute atomic E-state index is 4.66. The predicted octanol–water partition coefficient (Wildman–Crippen LogP) is 3.25. The molecule has 29 heavy (non-hydrogen) atoms. The fraction of sp³-hybridized carbons (Fsp3) is 0. The lowest BCUT2D eigenvalue weighted by Gasteiger charge is -2.28. The third-order valence-electron chi connectivity index (χ3n) is 4.78. The molecule has 0 aliphatic carbocycles. The SMILES string of the molecule is C=C(Sc1ccccc1)[P+](c1ccccc1)(c1ccccc1)c1ccccc1.[Cl-].